The average Bonchev–Trinajstić information content (AvgIpc) is 2.94. The molecule has 0 unspecified atom stereocenters. The maximum absolute atomic E-state index is 11.6. The third kappa shape index (κ3) is 6.12. The predicted molar refractivity (Wildman–Crippen MR) is 87.6 cm³/mol. The molecule has 0 atom stereocenters. The third-order valence-corrected chi connectivity index (χ3v) is 2.63. The maximum atomic E-state index is 11.6. The van der Waals surface area contributed by atoms with Crippen LogP contribution in [0.5, 0.6) is 0 Å². The molecule has 1 amide bonds. The number of imidazole rings is 1. The van der Waals surface area contributed by atoms with Crippen molar-refractivity contribution >= 4 is 36.4 Å². The number of aromatic nitrogens is 3. The van der Waals surface area contributed by atoms with Crippen molar-refractivity contribution in [3.8, 4) is 5.82 Å². The summed E-state index contributed by atoms with van der Waals surface area (Å²) in [6.45, 7) is 0.839. The monoisotopic (exact) mass is 331 g/mol. The molecule has 0 saturated heterocycles. The van der Waals surface area contributed by atoms with Crippen molar-refractivity contribution in [2.24, 2.45) is 0 Å². The number of pyridine rings is 1. The van der Waals surface area contributed by atoms with E-state index in [1.54, 1.807) is 23.3 Å². The van der Waals surface area contributed by atoms with Crippen LogP contribution in [-0.2, 0) is 4.79 Å². The first kappa shape index (κ1) is 19.4. The maximum Gasteiger partial charge on any atom is 0.224 e. The number of carbonyl (C=O) groups is 1. The first-order chi connectivity index (χ1) is 9.29. The van der Waals surface area contributed by atoms with Crippen molar-refractivity contribution in [1.82, 2.24) is 19.9 Å². The lowest BCUT2D eigenvalue weighted by atomic mass is 10.3. The Morgan fingerprint density at radius 3 is 2.71 bits per heavy atom. The minimum Gasteiger partial charge on any atom is -0.325 e. The fourth-order valence-corrected chi connectivity index (χ4v) is 1.66. The highest BCUT2D eigenvalue weighted by Gasteiger charge is 2.03. The quantitative estimate of drug-likeness (QED) is 0.794. The Balaban J connectivity index is 0.00000200. The molecule has 0 aromatic carbocycles. The molecule has 116 valence electrons. The molecular weight excluding hydrogens is 313 g/mol. The summed E-state index contributed by atoms with van der Waals surface area (Å²) < 4.78 is 1.80. The van der Waals surface area contributed by atoms with Crippen LogP contribution in [0.4, 0.5) is 5.69 Å². The molecule has 2 rings (SSSR count). The Kier molecular flexibility index (Phi) is 9.36. The summed E-state index contributed by atoms with van der Waals surface area (Å²) in [5.74, 6) is 0.776. The Labute approximate surface area is 136 Å². The van der Waals surface area contributed by atoms with Crippen molar-refractivity contribution < 1.29 is 4.79 Å². The van der Waals surface area contributed by atoms with E-state index < -0.39 is 0 Å². The standard InChI is InChI=1S/C13H17N5O.2ClH/c1-14-6-2-3-13(19)17-11-4-5-12(16-9-11)18-8-7-15-10-18;;/h4-5,7-10,14H,2-3,6H2,1H3,(H,17,19);2*1H. The molecule has 0 bridgehead atoms. The third-order valence-electron chi connectivity index (χ3n) is 2.63. The molecule has 2 heterocycles. The van der Waals surface area contributed by atoms with Crippen LogP contribution in [0, 0.1) is 0 Å². The lowest BCUT2D eigenvalue weighted by Crippen LogP contribution is -2.15. The van der Waals surface area contributed by atoms with Crippen LogP contribution in [0.2, 0.25) is 0 Å². The van der Waals surface area contributed by atoms with Crippen LogP contribution in [0.25, 0.3) is 5.82 Å². The SMILES string of the molecule is CNCCCC(=O)Nc1ccc(-n2ccnc2)nc1.Cl.Cl. The normalized spacial score (nSPS) is 9.38. The number of carbonyl (C=O) groups excluding carboxylic acids is 1. The number of rotatable bonds is 6. The van der Waals surface area contributed by atoms with Gasteiger partial charge in [0.1, 0.15) is 12.1 Å². The van der Waals surface area contributed by atoms with Gasteiger partial charge < -0.3 is 10.6 Å². The topological polar surface area (TPSA) is 71.8 Å². The van der Waals surface area contributed by atoms with Crippen molar-refractivity contribution in [3.05, 3.63) is 37.1 Å². The van der Waals surface area contributed by atoms with Crippen molar-refractivity contribution in [1.29, 1.82) is 0 Å². The van der Waals surface area contributed by atoms with Crippen LogP contribution in [-0.4, -0.2) is 34.0 Å². The molecule has 0 saturated carbocycles. The largest absolute Gasteiger partial charge is 0.325 e. The summed E-state index contributed by atoms with van der Waals surface area (Å²) in [7, 11) is 1.87. The number of nitrogens with zero attached hydrogens (tertiary/aromatic N) is 3. The van der Waals surface area contributed by atoms with Gasteiger partial charge in [0.15, 0.2) is 0 Å². The summed E-state index contributed by atoms with van der Waals surface area (Å²) in [4.78, 5) is 19.8. The molecule has 21 heavy (non-hydrogen) atoms. The highest BCUT2D eigenvalue weighted by Crippen LogP contribution is 2.09. The predicted octanol–water partition coefficient (Wildman–Crippen LogP) is 2.05. The molecule has 0 radical (unpaired) electrons. The zero-order chi connectivity index (χ0) is 13.5. The van der Waals surface area contributed by atoms with Gasteiger partial charge in [-0.25, -0.2) is 9.97 Å². The van der Waals surface area contributed by atoms with E-state index in [0.29, 0.717) is 12.1 Å². The number of amides is 1. The zero-order valence-corrected chi connectivity index (χ0v) is 13.3. The summed E-state index contributed by atoms with van der Waals surface area (Å²) in [5, 5.41) is 5.83. The minimum atomic E-state index is 0. The van der Waals surface area contributed by atoms with E-state index in [-0.39, 0.29) is 30.7 Å². The Bertz CT molecular complexity index is 516. The van der Waals surface area contributed by atoms with Crippen LogP contribution in [0.3, 0.4) is 0 Å². The smallest absolute Gasteiger partial charge is 0.224 e. The summed E-state index contributed by atoms with van der Waals surface area (Å²) in [6, 6.07) is 3.67. The molecule has 0 aliphatic heterocycles. The van der Waals surface area contributed by atoms with E-state index in [0.717, 1.165) is 18.8 Å². The number of hydrogen-bond donors (Lipinski definition) is 2. The molecule has 0 fully saturated rings. The van der Waals surface area contributed by atoms with E-state index in [1.165, 1.54) is 0 Å². The van der Waals surface area contributed by atoms with Gasteiger partial charge in [-0.3, -0.25) is 9.36 Å². The fraction of sp³-hybridized carbons (Fsp3) is 0.308. The second-order valence-corrected chi connectivity index (χ2v) is 4.13. The highest BCUT2D eigenvalue weighted by molar-refractivity contribution is 5.90. The Morgan fingerprint density at radius 1 is 1.33 bits per heavy atom. The number of anilines is 1. The fourth-order valence-electron chi connectivity index (χ4n) is 1.66. The van der Waals surface area contributed by atoms with Gasteiger partial charge in [-0.2, -0.15) is 0 Å². The average molecular weight is 332 g/mol. The van der Waals surface area contributed by atoms with Gasteiger partial charge in [-0.15, -0.1) is 24.8 Å². The van der Waals surface area contributed by atoms with Crippen molar-refractivity contribution in [3.63, 3.8) is 0 Å². The summed E-state index contributed by atoms with van der Waals surface area (Å²) >= 11 is 0. The van der Waals surface area contributed by atoms with Crippen LogP contribution in [0.1, 0.15) is 12.8 Å². The first-order valence-corrected chi connectivity index (χ1v) is 6.18. The van der Waals surface area contributed by atoms with Crippen molar-refractivity contribution in [2.75, 3.05) is 18.9 Å². The number of hydrogen-bond acceptors (Lipinski definition) is 4. The van der Waals surface area contributed by atoms with Crippen LogP contribution >= 0.6 is 24.8 Å². The number of nitrogens with one attached hydrogen (secondary N) is 2. The Hall–Kier alpha value is -1.63. The highest BCUT2D eigenvalue weighted by atomic mass is 35.5. The second-order valence-electron chi connectivity index (χ2n) is 4.13. The van der Waals surface area contributed by atoms with Crippen molar-refractivity contribution in [2.45, 2.75) is 12.8 Å². The van der Waals surface area contributed by atoms with Gasteiger partial charge in [-0.1, -0.05) is 0 Å². The van der Waals surface area contributed by atoms with E-state index in [1.807, 2.05) is 25.4 Å². The molecule has 2 aromatic heterocycles. The number of halogens is 2. The molecule has 8 heteroatoms. The molecule has 2 N–H and O–H groups in total. The Morgan fingerprint density at radius 2 is 2.14 bits per heavy atom. The van der Waals surface area contributed by atoms with E-state index >= 15 is 0 Å². The lowest BCUT2D eigenvalue weighted by molar-refractivity contribution is -0.116. The van der Waals surface area contributed by atoms with Crippen LogP contribution < -0.4 is 10.6 Å². The first-order valence-electron chi connectivity index (χ1n) is 6.18. The van der Waals surface area contributed by atoms with Gasteiger partial charge in [0.2, 0.25) is 5.91 Å². The molecule has 6 nitrogen and oxygen atoms in total. The summed E-state index contributed by atoms with van der Waals surface area (Å²) in [5.41, 5.74) is 0.707. The zero-order valence-electron chi connectivity index (χ0n) is 11.7. The molecule has 0 aliphatic rings. The van der Waals surface area contributed by atoms with Gasteiger partial charge in [-0.05, 0) is 32.1 Å². The summed E-state index contributed by atoms with van der Waals surface area (Å²) in [6.07, 6.45) is 8.16. The van der Waals surface area contributed by atoms with Gasteiger partial charge in [0, 0.05) is 18.8 Å². The second kappa shape index (κ2) is 10.1. The molecule has 0 spiro atoms. The van der Waals surface area contributed by atoms with E-state index in [2.05, 4.69) is 20.6 Å². The van der Waals surface area contributed by atoms with E-state index in [9.17, 15) is 4.79 Å². The lowest BCUT2D eigenvalue weighted by Gasteiger charge is -2.06. The van der Waals surface area contributed by atoms with Gasteiger partial charge in [0.05, 0.1) is 11.9 Å². The van der Waals surface area contributed by atoms with E-state index in [4.69, 9.17) is 0 Å². The minimum absolute atomic E-state index is 0. The van der Waals surface area contributed by atoms with Gasteiger partial charge >= 0.3 is 0 Å². The molecular formula is C13H19Cl2N5O. The molecule has 0 aliphatic carbocycles. The van der Waals surface area contributed by atoms with Crippen LogP contribution in [0.15, 0.2) is 37.1 Å². The van der Waals surface area contributed by atoms with Gasteiger partial charge in [0.25, 0.3) is 0 Å². The molecule has 2 aromatic rings.